The van der Waals surface area contributed by atoms with Crippen LogP contribution < -0.4 is 0 Å². The summed E-state index contributed by atoms with van der Waals surface area (Å²) in [5.74, 6) is 0.707. The number of hydrogen-bond acceptors (Lipinski definition) is 4. The molecule has 0 aliphatic carbocycles. The lowest BCUT2D eigenvalue weighted by atomic mass is 10.2. The predicted octanol–water partition coefficient (Wildman–Crippen LogP) is 4.53. The Morgan fingerprint density at radius 3 is 2.83 bits per heavy atom. The Morgan fingerprint density at radius 2 is 2.17 bits per heavy atom. The Balaban J connectivity index is 2.42. The van der Waals surface area contributed by atoms with Gasteiger partial charge in [-0.15, -0.1) is 11.3 Å². The molecule has 5 heteroatoms. The maximum atomic E-state index is 6.22. The molecule has 2 heterocycles. The molecular weight excluding hydrogens is 268 g/mol. The van der Waals surface area contributed by atoms with Crippen molar-refractivity contribution in [2.75, 3.05) is 6.61 Å². The molecule has 3 nitrogen and oxygen atoms in total. The summed E-state index contributed by atoms with van der Waals surface area (Å²) < 4.78 is 5.70. The van der Waals surface area contributed by atoms with Gasteiger partial charge in [0, 0.05) is 16.9 Å². The zero-order valence-electron chi connectivity index (χ0n) is 10.9. The van der Waals surface area contributed by atoms with Gasteiger partial charge in [-0.1, -0.05) is 24.9 Å². The smallest absolute Gasteiger partial charge is 0.160 e. The highest BCUT2D eigenvalue weighted by atomic mass is 35.5. The van der Waals surface area contributed by atoms with Crippen molar-refractivity contribution in [3.05, 3.63) is 21.9 Å². The van der Waals surface area contributed by atoms with E-state index in [9.17, 15) is 0 Å². The summed E-state index contributed by atoms with van der Waals surface area (Å²) in [7, 11) is 0. The number of fused-ring (bicyclic) bond motifs is 1. The van der Waals surface area contributed by atoms with E-state index < -0.39 is 0 Å². The van der Waals surface area contributed by atoms with Gasteiger partial charge in [0.2, 0.25) is 0 Å². The van der Waals surface area contributed by atoms with Gasteiger partial charge in [-0.25, -0.2) is 9.97 Å². The number of aryl methyl sites for hydroxylation is 1. The lowest BCUT2D eigenvalue weighted by Gasteiger charge is -2.14. The van der Waals surface area contributed by atoms with Crippen LogP contribution >= 0.6 is 22.9 Å². The maximum Gasteiger partial charge on any atom is 0.160 e. The molecule has 0 aliphatic heterocycles. The van der Waals surface area contributed by atoms with Crippen LogP contribution in [0, 0.1) is 6.92 Å². The normalized spacial score (nSPS) is 13.1. The summed E-state index contributed by atoms with van der Waals surface area (Å²) in [5.41, 5.74) is 0. The summed E-state index contributed by atoms with van der Waals surface area (Å²) in [6.07, 6.45) is 1.90. The minimum Gasteiger partial charge on any atom is -0.371 e. The standard InChI is InChI=1S/C13H17ClN2OS/c1-4-6-10(17-5-2)12-15-11(14)9-7-8(3)18-13(9)16-12/h7,10H,4-6H2,1-3H3. The molecule has 0 bridgehead atoms. The molecule has 18 heavy (non-hydrogen) atoms. The Bertz CT molecular complexity index is 535. The molecule has 0 N–H and O–H groups in total. The minimum absolute atomic E-state index is 0.0516. The van der Waals surface area contributed by atoms with E-state index >= 15 is 0 Å². The van der Waals surface area contributed by atoms with Crippen molar-refractivity contribution in [3.8, 4) is 0 Å². The molecule has 2 aromatic heterocycles. The number of rotatable bonds is 5. The summed E-state index contributed by atoms with van der Waals surface area (Å²) in [6, 6.07) is 2.03. The van der Waals surface area contributed by atoms with Crippen molar-refractivity contribution >= 4 is 33.2 Å². The van der Waals surface area contributed by atoms with Gasteiger partial charge in [0.15, 0.2) is 5.82 Å². The number of aromatic nitrogens is 2. The van der Waals surface area contributed by atoms with E-state index in [-0.39, 0.29) is 6.10 Å². The number of thiophene rings is 1. The molecule has 2 aromatic rings. The van der Waals surface area contributed by atoms with E-state index in [0.717, 1.165) is 23.1 Å². The van der Waals surface area contributed by atoms with Gasteiger partial charge >= 0.3 is 0 Å². The molecule has 0 fully saturated rings. The highest BCUT2D eigenvalue weighted by molar-refractivity contribution is 7.18. The maximum absolute atomic E-state index is 6.22. The molecule has 0 amide bonds. The number of ether oxygens (including phenoxy) is 1. The fourth-order valence-corrected chi connectivity index (χ4v) is 3.09. The van der Waals surface area contributed by atoms with Crippen molar-refractivity contribution in [1.29, 1.82) is 0 Å². The van der Waals surface area contributed by atoms with E-state index in [1.807, 2.05) is 13.0 Å². The van der Waals surface area contributed by atoms with Gasteiger partial charge in [0.1, 0.15) is 16.1 Å². The number of nitrogens with zero attached hydrogens (tertiary/aromatic N) is 2. The van der Waals surface area contributed by atoms with E-state index in [1.165, 1.54) is 4.88 Å². The zero-order chi connectivity index (χ0) is 13.1. The van der Waals surface area contributed by atoms with Crippen molar-refractivity contribution in [3.63, 3.8) is 0 Å². The molecule has 0 aromatic carbocycles. The highest BCUT2D eigenvalue weighted by Crippen LogP contribution is 2.31. The van der Waals surface area contributed by atoms with Gasteiger partial charge in [-0.05, 0) is 26.3 Å². The average Bonchev–Trinajstić information content (AvgIpc) is 2.70. The minimum atomic E-state index is -0.0516. The predicted molar refractivity (Wildman–Crippen MR) is 76.4 cm³/mol. The van der Waals surface area contributed by atoms with Crippen LogP contribution in [0.5, 0.6) is 0 Å². The molecule has 0 radical (unpaired) electrons. The Hall–Kier alpha value is -0.710. The first kappa shape index (κ1) is 13.7. The summed E-state index contributed by atoms with van der Waals surface area (Å²) in [5, 5.41) is 1.47. The molecule has 1 atom stereocenters. The van der Waals surface area contributed by atoms with Crippen molar-refractivity contribution in [2.24, 2.45) is 0 Å². The Morgan fingerprint density at radius 1 is 1.39 bits per heavy atom. The second-order valence-electron chi connectivity index (χ2n) is 4.18. The van der Waals surface area contributed by atoms with Crippen molar-refractivity contribution in [1.82, 2.24) is 9.97 Å². The van der Waals surface area contributed by atoms with E-state index in [0.29, 0.717) is 17.6 Å². The van der Waals surface area contributed by atoms with Gasteiger partial charge < -0.3 is 4.74 Å². The first-order chi connectivity index (χ1) is 8.65. The average molecular weight is 285 g/mol. The molecule has 0 saturated carbocycles. The van der Waals surface area contributed by atoms with E-state index in [1.54, 1.807) is 11.3 Å². The number of hydrogen-bond donors (Lipinski definition) is 0. The summed E-state index contributed by atoms with van der Waals surface area (Å²) in [4.78, 5) is 11.1. The second-order valence-corrected chi connectivity index (χ2v) is 5.77. The third kappa shape index (κ3) is 2.82. The molecule has 2 rings (SSSR count). The fourth-order valence-electron chi connectivity index (χ4n) is 1.92. The molecule has 0 spiro atoms. The van der Waals surface area contributed by atoms with Crippen LogP contribution in [0.3, 0.4) is 0 Å². The molecule has 1 unspecified atom stereocenters. The third-order valence-corrected chi connectivity index (χ3v) is 3.93. The monoisotopic (exact) mass is 284 g/mol. The SMILES string of the molecule is CCCC(OCC)c1nc(Cl)c2cc(C)sc2n1. The van der Waals surface area contributed by atoms with Crippen LogP contribution in [0.15, 0.2) is 6.07 Å². The van der Waals surface area contributed by atoms with Crippen LogP contribution in [0.1, 0.15) is 43.5 Å². The second kappa shape index (κ2) is 5.95. The molecule has 98 valence electrons. The fraction of sp³-hybridized carbons (Fsp3) is 0.538. The first-order valence-corrected chi connectivity index (χ1v) is 7.40. The Labute approximate surface area is 116 Å². The quantitative estimate of drug-likeness (QED) is 0.757. The van der Waals surface area contributed by atoms with Crippen molar-refractivity contribution in [2.45, 2.75) is 39.7 Å². The first-order valence-electron chi connectivity index (χ1n) is 6.20. The molecular formula is C13H17ClN2OS. The topological polar surface area (TPSA) is 35.0 Å². The van der Waals surface area contributed by atoms with Crippen LogP contribution in [0.4, 0.5) is 0 Å². The van der Waals surface area contributed by atoms with Crippen LogP contribution in [-0.4, -0.2) is 16.6 Å². The van der Waals surface area contributed by atoms with Gasteiger partial charge in [0.05, 0.1) is 0 Å². The van der Waals surface area contributed by atoms with Crippen molar-refractivity contribution < 1.29 is 4.74 Å². The largest absolute Gasteiger partial charge is 0.371 e. The Kier molecular flexibility index (Phi) is 4.54. The summed E-state index contributed by atoms with van der Waals surface area (Å²) in [6.45, 7) is 6.82. The van der Waals surface area contributed by atoms with E-state index in [2.05, 4.69) is 23.8 Å². The van der Waals surface area contributed by atoms with Crippen LogP contribution in [0.25, 0.3) is 10.2 Å². The lowest BCUT2D eigenvalue weighted by Crippen LogP contribution is -2.08. The van der Waals surface area contributed by atoms with Crippen LogP contribution in [-0.2, 0) is 4.74 Å². The highest BCUT2D eigenvalue weighted by Gasteiger charge is 2.17. The van der Waals surface area contributed by atoms with E-state index in [4.69, 9.17) is 16.3 Å². The zero-order valence-corrected chi connectivity index (χ0v) is 12.4. The van der Waals surface area contributed by atoms with Gasteiger partial charge in [-0.3, -0.25) is 0 Å². The number of halogens is 1. The molecule has 0 aliphatic rings. The molecule has 0 saturated heterocycles. The van der Waals surface area contributed by atoms with Crippen LogP contribution in [0.2, 0.25) is 5.15 Å². The van der Waals surface area contributed by atoms with Gasteiger partial charge in [-0.2, -0.15) is 0 Å². The lowest BCUT2D eigenvalue weighted by molar-refractivity contribution is 0.0497. The van der Waals surface area contributed by atoms with Gasteiger partial charge in [0.25, 0.3) is 0 Å². The summed E-state index contributed by atoms with van der Waals surface area (Å²) >= 11 is 7.86. The third-order valence-electron chi connectivity index (χ3n) is 2.69.